The largest absolute Gasteiger partial charge is 0.487 e. The number of carbonyl (C=O) groups is 2. The first-order valence-electron chi connectivity index (χ1n) is 12.1. The smallest absolute Gasteiger partial charge is 0.260 e. The highest BCUT2D eigenvalue weighted by Gasteiger charge is 2.61. The number of aromatic nitrogens is 2. The Morgan fingerprint density at radius 3 is 2.69 bits per heavy atom. The van der Waals surface area contributed by atoms with Gasteiger partial charge in [-0.3, -0.25) is 9.59 Å². The zero-order valence-electron chi connectivity index (χ0n) is 20.8. The van der Waals surface area contributed by atoms with E-state index < -0.39 is 23.9 Å². The monoisotopic (exact) mass is 500 g/mol. The number of hydrogen-bond acceptors (Lipinski definition) is 5. The van der Waals surface area contributed by atoms with E-state index in [9.17, 15) is 14.0 Å². The number of rotatable bonds is 9. The molecule has 4 heterocycles. The third-order valence-corrected chi connectivity index (χ3v) is 7.00. The Bertz CT molecular complexity index is 1280. The summed E-state index contributed by atoms with van der Waals surface area (Å²) in [7, 11) is 0. The van der Waals surface area contributed by atoms with Crippen LogP contribution in [-0.4, -0.2) is 57.1 Å². The fourth-order valence-corrected chi connectivity index (χ4v) is 5.25. The average molecular weight is 501 g/mol. The summed E-state index contributed by atoms with van der Waals surface area (Å²) >= 11 is 0. The van der Waals surface area contributed by atoms with E-state index in [-0.39, 0.29) is 34.1 Å². The minimum Gasteiger partial charge on any atom is -0.487 e. The van der Waals surface area contributed by atoms with Gasteiger partial charge in [-0.25, -0.2) is 9.37 Å². The molecule has 0 spiro atoms. The normalized spacial score (nSPS) is 29.0. The van der Waals surface area contributed by atoms with E-state index in [4.69, 9.17) is 9.47 Å². The van der Waals surface area contributed by atoms with Crippen molar-refractivity contribution in [2.24, 2.45) is 0 Å². The average Bonchev–Trinajstić information content (AvgIpc) is 3.12. The van der Waals surface area contributed by atoms with Gasteiger partial charge in [-0.15, -0.1) is 0 Å². The molecule has 4 fully saturated rings. The molecule has 2 aliphatic heterocycles. The van der Waals surface area contributed by atoms with Crippen LogP contribution in [0.25, 0.3) is 5.65 Å². The molecule has 6 rings (SSSR count). The number of ether oxygens (including phenoxy) is 2. The highest BCUT2D eigenvalue weighted by Crippen LogP contribution is 2.58. The minimum absolute atomic E-state index is 0.0285. The minimum atomic E-state index is -1.01. The Kier molecular flexibility index (Phi) is 5.89. The summed E-state index contributed by atoms with van der Waals surface area (Å²) in [5.41, 5.74) is 0.962. The Morgan fingerprint density at radius 2 is 2.11 bits per heavy atom. The number of pyridine rings is 1. The molecule has 8 nitrogen and oxygen atoms in total. The number of nitrogens with one attached hydrogen (secondary N) is 1. The maximum Gasteiger partial charge on any atom is 0.260 e. The highest BCUT2D eigenvalue weighted by atomic mass is 19.1. The molecule has 2 saturated carbocycles. The van der Waals surface area contributed by atoms with Crippen molar-refractivity contribution < 1.29 is 27.8 Å². The van der Waals surface area contributed by atoms with Crippen LogP contribution in [0.2, 0.25) is 0 Å². The fourth-order valence-electron chi connectivity index (χ4n) is 5.25. The van der Waals surface area contributed by atoms with Crippen LogP contribution in [0.4, 0.5) is 8.78 Å². The molecular formula is C26H30F2N4O4. The number of alkyl halides is 1. The van der Waals surface area contributed by atoms with Crippen LogP contribution in [0.5, 0.6) is 5.75 Å². The van der Waals surface area contributed by atoms with E-state index in [0.29, 0.717) is 25.1 Å². The maximum absolute atomic E-state index is 15.6. The lowest BCUT2D eigenvalue weighted by Gasteiger charge is -2.41. The van der Waals surface area contributed by atoms with Gasteiger partial charge in [0.15, 0.2) is 11.4 Å². The van der Waals surface area contributed by atoms with Crippen LogP contribution in [0.3, 0.4) is 0 Å². The van der Waals surface area contributed by atoms with Crippen molar-refractivity contribution in [2.45, 2.75) is 76.3 Å². The van der Waals surface area contributed by atoms with Crippen molar-refractivity contribution in [3.8, 4) is 5.75 Å². The molecule has 10 heteroatoms. The summed E-state index contributed by atoms with van der Waals surface area (Å²) in [5, 5.41) is 2.72. The number of nitrogens with zero attached hydrogens (tertiary/aromatic N) is 3. The van der Waals surface area contributed by atoms with Crippen molar-refractivity contribution in [1.29, 1.82) is 0 Å². The number of carbonyl (C=O) groups excluding carboxylic acids is 2. The van der Waals surface area contributed by atoms with Crippen LogP contribution in [-0.2, 0) is 14.9 Å². The molecule has 2 aliphatic carbocycles. The molecule has 1 N–H and O–H groups in total. The van der Waals surface area contributed by atoms with Gasteiger partial charge < -0.3 is 24.1 Å². The van der Waals surface area contributed by atoms with Gasteiger partial charge >= 0.3 is 0 Å². The SMILES string of the molecule is C/C(=C\C=C/N(C=O)C1CC1F)NC(=O)c1cn2cc(C34COC(C)(C3)C4)nc2c(F)c1OC(C)C. The maximum atomic E-state index is 15.6. The van der Waals surface area contributed by atoms with Crippen molar-refractivity contribution in [2.75, 3.05) is 6.61 Å². The van der Waals surface area contributed by atoms with Crippen LogP contribution in [0, 0.1) is 5.82 Å². The van der Waals surface area contributed by atoms with Gasteiger partial charge in [-0.05, 0) is 52.7 Å². The molecule has 192 valence electrons. The second kappa shape index (κ2) is 8.69. The standard InChI is InChI=1S/C26H30F2N4O4/c1-15(2)36-22-17(24(34)29-16(3)6-5-7-31(14-33)19-8-18(19)27)9-32-10-20(30-23(32)21(22)28)26-11-25(4,12-26)35-13-26/h5-7,9-10,14-15,18-19H,8,11-13H2,1-4H3,(H,29,34)/b7-5-,16-6+. The van der Waals surface area contributed by atoms with Crippen LogP contribution in [0.15, 0.2) is 36.4 Å². The number of hydrogen-bond donors (Lipinski definition) is 1. The number of amides is 2. The van der Waals surface area contributed by atoms with Gasteiger partial charge in [-0.1, -0.05) is 0 Å². The third-order valence-electron chi connectivity index (χ3n) is 7.00. The lowest BCUT2D eigenvalue weighted by Crippen LogP contribution is -2.45. The molecule has 2 bridgehead atoms. The summed E-state index contributed by atoms with van der Waals surface area (Å²) in [6, 6.07) is -0.434. The fraction of sp³-hybridized carbons (Fsp3) is 0.500. The first-order chi connectivity index (χ1) is 17.0. The highest BCUT2D eigenvalue weighted by molar-refractivity contribution is 5.98. The first-order valence-corrected chi connectivity index (χ1v) is 12.1. The van der Waals surface area contributed by atoms with E-state index >= 15 is 4.39 Å². The Hall–Kier alpha value is -3.27. The van der Waals surface area contributed by atoms with Gasteiger partial charge in [-0.2, -0.15) is 4.39 Å². The Balaban J connectivity index is 1.40. The van der Waals surface area contributed by atoms with Crippen molar-refractivity contribution in [3.63, 3.8) is 0 Å². The predicted molar refractivity (Wildman–Crippen MR) is 128 cm³/mol. The van der Waals surface area contributed by atoms with Gasteiger partial charge in [0, 0.05) is 36.1 Å². The van der Waals surface area contributed by atoms with Gasteiger partial charge in [0.1, 0.15) is 11.7 Å². The zero-order valence-corrected chi connectivity index (χ0v) is 20.8. The molecule has 2 unspecified atom stereocenters. The summed E-state index contributed by atoms with van der Waals surface area (Å²) < 4.78 is 41.9. The predicted octanol–water partition coefficient (Wildman–Crippen LogP) is 3.80. The molecule has 0 radical (unpaired) electrons. The van der Waals surface area contributed by atoms with Crippen LogP contribution >= 0.6 is 0 Å². The van der Waals surface area contributed by atoms with Crippen molar-refractivity contribution >= 4 is 18.0 Å². The lowest BCUT2D eigenvalue weighted by atomic mass is 9.62. The molecule has 2 atom stereocenters. The molecule has 4 aliphatic rings. The van der Waals surface area contributed by atoms with Gasteiger partial charge in [0.2, 0.25) is 12.2 Å². The van der Waals surface area contributed by atoms with E-state index in [1.807, 2.05) is 0 Å². The summed E-state index contributed by atoms with van der Waals surface area (Å²) in [4.78, 5) is 30.1. The topological polar surface area (TPSA) is 85.2 Å². The van der Waals surface area contributed by atoms with E-state index in [0.717, 1.165) is 18.5 Å². The van der Waals surface area contributed by atoms with Crippen molar-refractivity contribution in [3.05, 3.63) is 53.5 Å². The Morgan fingerprint density at radius 1 is 1.39 bits per heavy atom. The number of allylic oxidation sites excluding steroid dienone is 3. The number of fused-ring (bicyclic) bond motifs is 2. The number of halogens is 2. The molecule has 2 aromatic heterocycles. The second-order valence-electron chi connectivity index (χ2n) is 10.6. The van der Waals surface area contributed by atoms with E-state index in [1.54, 1.807) is 39.1 Å². The molecule has 0 aromatic carbocycles. The summed E-state index contributed by atoms with van der Waals surface area (Å²) in [6.45, 7) is 7.77. The molecule has 2 amide bonds. The van der Waals surface area contributed by atoms with Gasteiger partial charge in [0.25, 0.3) is 5.91 Å². The number of imidazole rings is 1. The molecular weight excluding hydrogens is 470 g/mol. The molecule has 2 saturated heterocycles. The zero-order chi connectivity index (χ0) is 25.8. The van der Waals surface area contributed by atoms with E-state index in [2.05, 4.69) is 17.2 Å². The van der Waals surface area contributed by atoms with Gasteiger partial charge in [0.05, 0.1) is 30.0 Å². The molecule has 2 aromatic rings. The van der Waals surface area contributed by atoms with E-state index in [1.165, 1.54) is 21.7 Å². The molecule has 36 heavy (non-hydrogen) atoms. The quantitative estimate of drug-likeness (QED) is 0.418. The summed E-state index contributed by atoms with van der Waals surface area (Å²) in [6.07, 6.45) is 9.04. The lowest BCUT2D eigenvalue weighted by molar-refractivity contribution is -0.116. The third kappa shape index (κ3) is 4.27. The Labute approximate surface area is 207 Å². The second-order valence-corrected chi connectivity index (χ2v) is 10.6. The van der Waals surface area contributed by atoms with Crippen LogP contribution in [0.1, 0.15) is 63.0 Å². The van der Waals surface area contributed by atoms with Crippen LogP contribution < -0.4 is 10.1 Å². The van der Waals surface area contributed by atoms with Crippen molar-refractivity contribution in [1.82, 2.24) is 19.6 Å². The summed E-state index contributed by atoms with van der Waals surface area (Å²) in [5.74, 6) is -1.42. The first kappa shape index (κ1) is 24.4.